The average Bonchev–Trinajstić information content (AvgIpc) is 3.10. The number of hydrogen-bond acceptors (Lipinski definition) is 12. The molecule has 0 saturated heterocycles. The van der Waals surface area contributed by atoms with Crippen LogP contribution in [0.1, 0.15) is 169 Å². The van der Waals surface area contributed by atoms with Gasteiger partial charge in [-0.05, 0) is 96.9 Å². The Kier molecular flexibility index (Phi) is 54.2. The van der Waals surface area contributed by atoms with Gasteiger partial charge in [0.2, 0.25) is 35.4 Å². The Hall–Kier alpha value is -4.62. The summed E-state index contributed by atoms with van der Waals surface area (Å²) in [7, 11) is 4.52. The van der Waals surface area contributed by atoms with Gasteiger partial charge in [0, 0.05) is 46.4 Å². The molecule has 0 saturated carbocycles. The Morgan fingerprint density at radius 3 is 0.826 bits per heavy atom. The summed E-state index contributed by atoms with van der Waals surface area (Å²) in [6.45, 7) is 29.8. The van der Waals surface area contributed by atoms with Crippen molar-refractivity contribution >= 4 is 78.6 Å². The van der Waals surface area contributed by atoms with Crippen LogP contribution in [-0.4, -0.2) is 136 Å². The predicted octanol–water partition coefficient (Wildman–Crippen LogP) is 4.46. The molecule has 9 radical (unpaired) electrons. The largest absolute Gasteiger partial charge is 0.481 e. The number of carbonyl (C=O) groups is 9. The number of esters is 2. The van der Waals surface area contributed by atoms with Gasteiger partial charge in [-0.2, -0.15) is 0 Å². The first kappa shape index (κ1) is 98.0. The Labute approximate surface area is 426 Å². The summed E-state index contributed by atoms with van der Waals surface area (Å²) in [5.41, 5.74) is 2.62. The Bertz CT molecular complexity index is 1530. The zero-order valence-corrected chi connectivity index (χ0v) is 41.9. The summed E-state index contributed by atoms with van der Waals surface area (Å²) in [6, 6.07) is 0. The summed E-state index contributed by atoms with van der Waals surface area (Å²) in [4.78, 5) is 103. The Morgan fingerprint density at radius 2 is 0.652 bits per heavy atom. The van der Waals surface area contributed by atoms with Crippen LogP contribution < -0.4 is 38.1 Å². The molecule has 0 aliphatic rings. The monoisotopic (exact) mass is 991 g/mol. The van der Waals surface area contributed by atoms with E-state index in [1.807, 2.05) is 0 Å². The van der Waals surface area contributed by atoms with E-state index in [9.17, 15) is 43.2 Å². The zero-order valence-electron chi connectivity index (χ0n) is 41.9. The van der Waals surface area contributed by atoms with E-state index in [0.29, 0.717) is 0 Å². The minimum absolute atomic E-state index is 0. The first-order chi connectivity index (χ1) is 26.5. The van der Waals surface area contributed by atoms with E-state index in [2.05, 4.69) is 26.6 Å². The molecule has 0 rings (SSSR count). The summed E-state index contributed by atoms with van der Waals surface area (Å²) in [6.07, 6.45) is 0. The maximum atomic E-state index is 12.3. The van der Waals surface area contributed by atoms with Gasteiger partial charge in [-0.25, -0.2) is 0 Å². The molecule has 0 aromatic heterocycles. The van der Waals surface area contributed by atoms with Crippen molar-refractivity contribution in [2.45, 2.75) is 180 Å². The lowest BCUT2D eigenvalue weighted by Crippen LogP contribution is -2.53. The van der Waals surface area contributed by atoms with Crippen molar-refractivity contribution in [3.63, 3.8) is 0 Å². The fourth-order valence-electron chi connectivity index (χ4n) is 3.51. The third-order valence-corrected chi connectivity index (χ3v) is 10.6. The van der Waals surface area contributed by atoms with Crippen LogP contribution in [0.4, 0.5) is 0 Å². The molecule has 22 heteroatoms. The topological polar surface area (TPSA) is 305 Å². The van der Waals surface area contributed by atoms with Crippen molar-refractivity contribution in [2.75, 3.05) is 40.8 Å². The number of amides is 6. The summed E-state index contributed by atoms with van der Waals surface area (Å²) in [5.74, 6) is -3.99. The molecule has 69 heavy (non-hydrogen) atoms. The molecular weight excluding hydrogens is 887 g/mol. The number of primary amides is 1. The maximum Gasteiger partial charge on any atom is 0.313 e. The van der Waals surface area contributed by atoms with Crippen molar-refractivity contribution in [2.24, 2.45) is 44.0 Å². The quantitative estimate of drug-likeness (QED) is 0.0882. The minimum Gasteiger partial charge on any atom is -0.481 e. The lowest BCUT2D eigenvalue weighted by atomic mass is 9.67. The highest BCUT2D eigenvalue weighted by Crippen LogP contribution is 2.42. The number of nitrogens with one attached hydrogen (secondary N) is 5. The third-order valence-electron chi connectivity index (χ3n) is 10.6. The van der Waals surface area contributed by atoms with Gasteiger partial charge in [0.05, 0.1) is 52.1 Å². The molecule has 0 unspecified atom stereocenters. The van der Waals surface area contributed by atoms with Crippen LogP contribution in [0.15, 0.2) is 0 Å². The van der Waals surface area contributed by atoms with Crippen molar-refractivity contribution in [3.05, 3.63) is 0 Å². The molecular formula is C47H103B3N7O12. The number of hydrogen-bond donors (Lipinski definition) is 8. The smallest absolute Gasteiger partial charge is 0.313 e. The SMILES string of the molecule is C.C.C.C.C.C.CC(C)(C)OC(=O)C(C)(C)C(C)(C)C(=O)O.CNC(=O)CN.CNC(=O)CNC(=O)C(C)(C)C(C)(C)C(=O)OC(C)(C)C.CNC(=O)CNC(=O)C(C)(C)C(C)(C)C(N)=O.[B].[B].[B]. The van der Waals surface area contributed by atoms with Crippen molar-refractivity contribution in [3.8, 4) is 0 Å². The second-order valence-electron chi connectivity index (χ2n) is 19.0. The van der Waals surface area contributed by atoms with E-state index < -0.39 is 67.5 Å². The highest BCUT2D eigenvalue weighted by molar-refractivity contribution is 5.94. The molecule has 0 fully saturated rings. The summed E-state index contributed by atoms with van der Waals surface area (Å²) in [5, 5.41) is 21.3. The average molecular weight is 991 g/mol. The summed E-state index contributed by atoms with van der Waals surface area (Å²) >= 11 is 0. The molecule has 6 amide bonds. The number of carbonyl (C=O) groups excluding carboxylic acids is 8. The standard InChI is InChI=1S/C15H28N2O4.C12H22O4.C11H21N3O3.C3H8N2O.6CH4.3B/c1-13(2,3)21-12(20)15(6,7)14(4,5)11(19)17-9-10(18)16-8;1-10(2,3)16-9(15)12(6,7)11(4,5)8(13)14;1-10(2,8(12)16)11(3,4)9(17)14-6-7(15)13-5;1-5-3(6)2-4;;;;;;;;;/h9H2,1-8H3,(H,16,18)(H,17,19);1-7H3,(H,13,14);6H2,1-5H3,(H2,12,16)(H,13,15)(H,14,17);2,4H2,1H3,(H,5,6);6*1H4;;;. The van der Waals surface area contributed by atoms with Gasteiger partial charge in [-0.15, -0.1) is 0 Å². The van der Waals surface area contributed by atoms with Gasteiger partial charge in [0.15, 0.2) is 0 Å². The van der Waals surface area contributed by atoms with Crippen LogP contribution in [-0.2, 0) is 52.6 Å². The van der Waals surface area contributed by atoms with Crippen LogP contribution in [0.3, 0.4) is 0 Å². The van der Waals surface area contributed by atoms with Gasteiger partial charge in [-0.3, -0.25) is 43.2 Å². The number of carboxylic acid groups (broad SMARTS) is 1. The molecule has 10 N–H and O–H groups in total. The molecule has 19 nitrogen and oxygen atoms in total. The Balaban J connectivity index is -0.0000000553. The number of carboxylic acids is 1. The van der Waals surface area contributed by atoms with Gasteiger partial charge < -0.3 is 52.6 Å². The molecule has 0 aliphatic heterocycles. The first-order valence-corrected chi connectivity index (χ1v) is 19.3. The van der Waals surface area contributed by atoms with Crippen molar-refractivity contribution in [1.29, 1.82) is 0 Å². The lowest BCUT2D eigenvalue weighted by molar-refractivity contribution is -0.180. The Morgan fingerprint density at radius 1 is 0.420 bits per heavy atom. The maximum absolute atomic E-state index is 12.3. The van der Waals surface area contributed by atoms with Gasteiger partial charge in [0.1, 0.15) is 11.2 Å². The predicted molar refractivity (Wildman–Crippen MR) is 286 cm³/mol. The van der Waals surface area contributed by atoms with Crippen LogP contribution in [0.25, 0.3) is 0 Å². The molecule has 407 valence electrons. The van der Waals surface area contributed by atoms with Crippen LogP contribution >= 0.6 is 0 Å². The molecule has 0 bridgehead atoms. The number of ether oxygens (including phenoxy) is 2. The molecule has 0 spiro atoms. The molecule has 0 atom stereocenters. The number of aliphatic carboxylic acids is 1. The fraction of sp³-hybridized carbons (Fsp3) is 0.809. The molecule has 0 aliphatic carbocycles. The fourth-order valence-corrected chi connectivity index (χ4v) is 3.51. The first-order valence-electron chi connectivity index (χ1n) is 19.3. The molecule has 0 heterocycles. The minimum atomic E-state index is -1.17. The number of likely N-dealkylation sites (N-methyl/N-ethyl adjacent to an activating group) is 3. The van der Waals surface area contributed by atoms with E-state index in [1.165, 1.54) is 27.9 Å². The van der Waals surface area contributed by atoms with Gasteiger partial charge in [0.25, 0.3) is 0 Å². The second-order valence-corrected chi connectivity index (χ2v) is 19.0. The molecule has 0 aromatic carbocycles. The molecule has 0 aromatic rings. The van der Waals surface area contributed by atoms with E-state index in [1.54, 1.807) is 118 Å². The third kappa shape index (κ3) is 32.0. The van der Waals surface area contributed by atoms with E-state index in [-0.39, 0.29) is 119 Å². The van der Waals surface area contributed by atoms with Crippen LogP contribution in [0, 0.1) is 32.5 Å². The zero-order chi connectivity index (χ0) is 49.3. The normalized spacial score (nSPS) is 10.5. The number of nitrogens with two attached hydrogens (primary N) is 2. The van der Waals surface area contributed by atoms with Gasteiger partial charge >= 0.3 is 17.9 Å². The van der Waals surface area contributed by atoms with E-state index in [4.69, 9.17) is 26.0 Å². The van der Waals surface area contributed by atoms with E-state index in [0.717, 1.165) is 0 Å². The van der Waals surface area contributed by atoms with Gasteiger partial charge in [-0.1, -0.05) is 72.3 Å². The van der Waals surface area contributed by atoms with Crippen LogP contribution in [0.5, 0.6) is 0 Å². The van der Waals surface area contributed by atoms with Crippen LogP contribution in [0.2, 0.25) is 0 Å². The van der Waals surface area contributed by atoms with E-state index >= 15 is 0 Å². The second kappa shape index (κ2) is 38.2. The lowest BCUT2D eigenvalue weighted by Gasteiger charge is -2.39. The highest BCUT2D eigenvalue weighted by atomic mass is 16.6. The van der Waals surface area contributed by atoms with Crippen molar-refractivity contribution in [1.82, 2.24) is 26.6 Å². The number of rotatable bonds is 14. The summed E-state index contributed by atoms with van der Waals surface area (Å²) < 4.78 is 10.6. The highest BCUT2D eigenvalue weighted by Gasteiger charge is 2.52. The van der Waals surface area contributed by atoms with Crippen molar-refractivity contribution < 1.29 is 57.7 Å².